The zero-order chi connectivity index (χ0) is 21.6. The van der Waals surface area contributed by atoms with Crippen LogP contribution in [-0.2, 0) is 11.2 Å². The molecule has 2 heterocycles. The number of aromatic nitrogens is 2. The van der Waals surface area contributed by atoms with Crippen LogP contribution in [0.1, 0.15) is 24.8 Å². The lowest BCUT2D eigenvalue weighted by Gasteiger charge is -2.29. The van der Waals surface area contributed by atoms with Gasteiger partial charge in [0.15, 0.2) is 5.78 Å². The number of phenolic OH excluding ortho intramolecular Hbond substituents is 1. The third-order valence-corrected chi connectivity index (χ3v) is 5.41. The fraction of sp³-hybridized carbons (Fsp3) is 0.240. The number of phenols is 1. The minimum atomic E-state index is -0.0148. The van der Waals surface area contributed by atoms with Gasteiger partial charge < -0.3 is 15.3 Å². The van der Waals surface area contributed by atoms with Crippen molar-refractivity contribution >= 4 is 23.1 Å². The van der Waals surface area contributed by atoms with E-state index in [1.54, 1.807) is 12.3 Å². The number of allylic oxidation sites excluding steroid dienone is 1. The monoisotopic (exact) mass is 414 g/mol. The summed E-state index contributed by atoms with van der Waals surface area (Å²) in [5.41, 5.74) is 4.25. The largest absolute Gasteiger partial charge is 0.506 e. The van der Waals surface area contributed by atoms with Crippen molar-refractivity contribution in [2.45, 2.75) is 25.7 Å². The van der Waals surface area contributed by atoms with Crippen molar-refractivity contribution < 1.29 is 9.90 Å². The van der Waals surface area contributed by atoms with Gasteiger partial charge in [0, 0.05) is 37.0 Å². The van der Waals surface area contributed by atoms with Crippen LogP contribution in [0, 0.1) is 0 Å². The van der Waals surface area contributed by atoms with Gasteiger partial charge in [0.25, 0.3) is 0 Å². The van der Waals surface area contributed by atoms with Crippen molar-refractivity contribution in [3.63, 3.8) is 0 Å². The Bertz CT molecular complexity index is 1090. The number of nitrogens with one attached hydrogen (secondary N) is 1. The normalized spacial score (nSPS) is 13.6. The quantitative estimate of drug-likeness (QED) is 0.424. The number of aromatic hydroxyl groups is 1. The maximum absolute atomic E-state index is 11.7. The Morgan fingerprint density at radius 3 is 2.77 bits per heavy atom. The van der Waals surface area contributed by atoms with Crippen molar-refractivity contribution in [1.29, 1.82) is 0 Å². The average molecular weight is 415 g/mol. The summed E-state index contributed by atoms with van der Waals surface area (Å²) in [4.78, 5) is 22.9. The molecule has 4 rings (SSSR count). The van der Waals surface area contributed by atoms with E-state index in [1.807, 2.05) is 42.5 Å². The molecule has 0 spiro atoms. The van der Waals surface area contributed by atoms with Crippen molar-refractivity contribution in [2.24, 2.45) is 0 Å². The van der Waals surface area contributed by atoms with E-state index in [0.717, 1.165) is 54.1 Å². The maximum atomic E-state index is 11.7. The van der Waals surface area contributed by atoms with Crippen molar-refractivity contribution in [1.82, 2.24) is 9.97 Å². The number of hydrogen-bond acceptors (Lipinski definition) is 6. The molecule has 2 N–H and O–H groups in total. The third kappa shape index (κ3) is 5.09. The summed E-state index contributed by atoms with van der Waals surface area (Å²) in [6.07, 6.45) is 6.88. The summed E-state index contributed by atoms with van der Waals surface area (Å²) in [6, 6.07) is 15.1. The number of rotatable bonds is 7. The lowest BCUT2D eigenvalue weighted by molar-refractivity contribution is -0.114. The second kappa shape index (κ2) is 9.43. The van der Waals surface area contributed by atoms with Crippen LogP contribution in [0.25, 0.3) is 11.3 Å². The summed E-state index contributed by atoms with van der Waals surface area (Å²) in [7, 11) is 0. The molecule has 3 aromatic rings. The predicted octanol–water partition coefficient (Wildman–Crippen LogP) is 4.88. The minimum absolute atomic E-state index is 0.0148. The van der Waals surface area contributed by atoms with E-state index in [9.17, 15) is 9.90 Å². The van der Waals surface area contributed by atoms with Crippen molar-refractivity contribution in [2.75, 3.05) is 23.3 Å². The number of hydrogen-bond donors (Lipinski definition) is 2. The number of carbonyl (C=O) groups is 1. The van der Waals surface area contributed by atoms with Gasteiger partial charge in [-0.3, -0.25) is 4.79 Å². The van der Waals surface area contributed by atoms with Gasteiger partial charge in [0.05, 0.1) is 11.4 Å². The van der Waals surface area contributed by atoms with Crippen LogP contribution >= 0.6 is 0 Å². The number of nitrogens with zero attached hydrogens (tertiary/aromatic N) is 3. The summed E-state index contributed by atoms with van der Waals surface area (Å²) in [5.74, 6) is 0.743. The fourth-order valence-electron chi connectivity index (χ4n) is 3.81. The summed E-state index contributed by atoms with van der Waals surface area (Å²) in [6.45, 7) is 5.44. The number of ketones is 1. The first-order valence-electron chi connectivity index (χ1n) is 10.5. The molecule has 2 aromatic carbocycles. The topological polar surface area (TPSA) is 78.3 Å². The van der Waals surface area contributed by atoms with E-state index >= 15 is 0 Å². The van der Waals surface area contributed by atoms with E-state index in [1.165, 1.54) is 12.5 Å². The van der Waals surface area contributed by atoms with Crippen LogP contribution in [0.2, 0.25) is 0 Å². The highest BCUT2D eigenvalue weighted by Gasteiger charge is 2.15. The molecule has 31 heavy (non-hydrogen) atoms. The molecule has 0 atom stereocenters. The van der Waals surface area contributed by atoms with Crippen LogP contribution in [0.15, 0.2) is 67.4 Å². The van der Waals surface area contributed by atoms with E-state index in [2.05, 4.69) is 26.8 Å². The number of benzene rings is 2. The Hall–Kier alpha value is -3.67. The lowest BCUT2D eigenvalue weighted by Crippen LogP contribution is -2.29. The van der Waals surface area contributed by atoms with Crippen LogP contribution in [-0.4, -0.2) is 33.9 Å². The lowest BCUT2D eigenvalue weighted by atomic mass is 10.0. The Kier molecular flexibility index (Phi) is 6.26. The maximum Gasteiger partial charge on any atom is 0.227 e. The van der Waals surface area contributed by atoms with Gasteiger partial charge in [0.2, 0.25) is 5.95 Å². The molecular formula is C25H26N4O2. The van der Waals surface area contributed by atoms with Gasteiger partial charge in [0.1, 0.15) is 5.75 Å². The molecule has 158 valence electrons. The van der Waals surface area contributed by atoms with Gasteiger partial charge in [-0.15, -0.1) is 0 Å². The van der Waals surface area contributed by atoms with E-state index in [4.69, 9.17) is 0 Å². The molecule has 1 fully saturated rings. The molecule has 0 radical (unpaired) electrons. The van der Waals surface area contributed by atoms with Gasteiger partial charge in [-0.25, -0.2) is 9.97 Å². The molecule has 6 heteroatoms. The zero-order valence-corrected chi connectivity index (χ0v) is 17.4. The number of carbonyl (C=O) groups excluding carboxylic acids is 1. The number of piperidine rings is 1. The fourth-order valence-corrected chi connectivity index (χ4v) is 3.81. The summed E-state index contributed by atoms with van der Waals surface area (Å²) < 4.78 is 0. The van der Waals surface area contributed by atoms with E-state index in [-0.39, 0.29) is 11.5 Å². The Morgan fingerprint density at radius 2 is 1.97 bits per heavy atom. The molecular weight excluding hydrogens is 388 g/mol. The Morgan fingerprint density at radius 1 is 1.13 bits per heavy atom. The second-order valence-corrected chi connectivity index (χ2v) is 7.69. The predicted molar refractivity (Wildman–Crippen MR) is 124 cm³/mol. The molecule has 0 saturated carbocycles. The third-order valence-electron chi connectivity index (χ3n) is 5.41. The molecule has 6 nitrogen and oxygen atoms in total. The second-order valence-electron chi connectivity index (χ2n) is 7.69. The van der Waals surface area contributed by atoms with Gasteiger partial charge in [-0.1, -0.05) is 24.8 Å². The summed E-state index contributed by atoms with van der Waals surface area (Å²) in [5, 5.41) is 13.6. The SMILES string of the molecule is C=CC(=O)Cc1cccc(-c2ccnc(Nc3ccc(O)c(N4CCCCC4)c3)n2)c1. The van der Waals surface area contributed by atoms with E-state index < -0.39 is 0 Å². The van der Waals surface area contributed by atoms with Gasteiger partial charge in [-0.2, -0.15) is 0 Å². The van der Waals surface area contributed by atoms with Crippen LogP contribution in [0.4, 0.5) is 17.3 Å². The first kappa shape index (κ1) is 20.6. The standard InChI is InChI=1S/C25H26N4O2/c1-2-21(30)16-18-7-6-8-19(15-18)22-11-12-26-25(28-22)27-20-9-10-24(31)23(17-20)29-13-4-3-5-14-29/h2,6-12,15,17,31H,1,3-5,13-14,16H2,(H,26,27,28). The molecule has 1 saturated heterocycles. The molecule has 1 aliphatic rings. The molecule has 0 amide bonds. The highest BCUT2D eigenvalue weighted by molar-refractivity contribution is 5.91. The molecule has 0 unspecified atom stereocenters. The molecule has 0 aliphatic carbocycles. The summed E-state index contributed by atoms with van der Waals surface area (Å²) >= 11 is 0. The van der Waals surface area contributed by atoms with Crippen LogP contribution < -0.4 is 10.2 Å². The van der Waals surface area contributed by atoms with Gasteiger partial charge >= 0.3 is 0 Å². The van der Waals surface area contributed by atoms with Crippen LogP contribution in [0.5, 0.6) is 5.75 Å². The smallest absolute Gasteiger partial charge is 0.227 e. The highest BCUT2D eigenvalue weighted by atomic mass is 16.3. The number of anilines is 3. The van der Waals surface area contributed by atoms with Crippen molar-refractivity contribution in [3.05, 3.63) is 72.9 Å². The molecule has 0 bridgehead atoms. The zero-order valence-electron chi connectivity index (χ0n) is 17.4. The first-order chi connectivity index (χ1) is 15.1. The van der Waals surface area contributed by atoms with E-state index in [0.29, 0.717) is 12.4 Å². The van der Waals surface area contributed by atoms with Crippen LogP contribution in [0.3, 0.4) is 0 Å². The molecule has 1 aliphatic heterocycles. The van der Waals surface area contributed by atoms with Crippen molar-refractivity contribution in [3.8, 4) is 17.0 Å². The Balaban J connectivity index is 1.55. The average Bonchev–Trinajstić information content (AvgIpc) is 2.81. The first-order valence-corrected chi connectivity index (χ1v) is 10.5. The highest BCUT2D eigenvalue weighted by Crippen LogP contribution is 2.33. The van der Waals surface area contributed by atoms with Gasteiger partial charge in [-0.05, 0) is 61.2 Å². The Labute approximate surface area is 182 Å². The molecule has 1 aromatic heterocycles. The minimum Gasteiger partial charge on any atom is -0.506 e.